The Morgan fingerprint density at radius 2 is 2.14 bits per heavy atom. The van der Waals surface area contributed by atoms with Gasteiger partial charge in [0.2, 0.25) is 5.91 Å². The molecule has 0 bridgehead atoms. The van der Waals surface area contributed by atoms with Crippen molar-refractivity contribution in [3.8, 4) is 11.4 Å². The average molecular weight is 423 g/mol. The van der Waals surface area contributed by atoms with Crippen LogP contribution in [0, 0.1) is 6.92 Å². The number of sulfone groups is 1. The molecule has 9 heteroatoms. The summed E-state index contributed by atoms with van der Waals surface area (Å²) in [4.78, 5) is 14.5. The van der Waals surface area contributed by atoms with Gasteiger partial charge in [0.15, 0.2) is 20.8 Å². The van der Waals surface area contributed by atoms with Gasteiger partial charge < -0.3 is 9.47 Å². The Balaban J connectivity index is 1.68. The van der Waals surface area contributed by atoms with E-state index in [1.165, 1.54) is 11.8 Å². The van der Waals surface area contributed by atoms with Crippen molar-refractivity contribution in [1.82, 2.24) is 19.7 Å². The highest BCUT2D eigenvalue weighted by atomic mass is 32.2. The van der Waals surface area contributed by atoms with E-state index in [1.807, 2.05) is 49.7 Å². The van der Waals surface area contributed by atoms with Crippen LogP contribution >= 0.6 is 11.8 Å². The quantitative estimate of drug-likeness (QED) is 0.637. The number of hydrogen-bond donors (Lipinski definition) is 0. The van der Waals surface area contributed by atoms with Crippen LogP contribution in [0.2, 0.25) is 0 Å². The lowest BCUT2D eigenvalue weighted by atomic mass is 10.1. The molecule has 0 aliphatic carbocycles. The summed E-state index contributed by atoms with van der Waals surface area (Å²) in [6.07, 6.45) is 1.33. The Morgan fingerprint density at radius 3 is 2.79 bits per heavy atom. The third-order valence-corrected chi connectivity index (χ3v) is 7.63. The van der Waals surface area contributed by atoms with E-state index < -0.39 is 9.84 Å². The highest BCUT2D eigenvalue weighted by molar-refractivity contribution is 7.99. The molecule has 2 aromatic rings. The first-order valence-corrected chi connectivity index (χ1v) is 12.2. The van der Waals surface area contributed by atoms with Crippen molar-refractivity contribution in [3.05, 3.63) is 29.8 Å². The Kier molecular flexibility index (Phi) is 6.44. The van der Waals surface area contributed by atoms with Gasteiger partial charge in [0.05, 0.1) is 17.3 Å². The fourth-order valence-electron chi connectivity index (χ4n) is 3.46. The molecule has 1 fully saturated rings. The number of carbonyl (C=O) groups is 1. The van der Waals surface area contributed by atoms with Gasteiger partial charge in [0.1, 0.15) is 0 Å². The number of thioether (sulfide) groups is 1. The zero-order valence-electron chi connectivity index (χ0n) is 16.5. The maximum atomic E-state index is 12.8. The molecule has 0 spiro atoms. The number of rotatable bonds is 7. The number of hydrogen-bond acceptors (Lipinski definition) is 6. The number of aromatic nitrogens is 3. The van der Waals surface area contributed by atoms with Crippen LogP contribution in [-0.2, 0) is 21.7 Å². The van der Waals surface area contributed by atoms with Gasteiger partial charge in [-0.2, -0.15) is 0 Å². The van der Waals surface area contributed by atoms with Gasteiger partial charge >= 0.3 is 0 Å². The third-order valence-electron chi connectivity index (χ3n) is 4.87. The van der Waals surface area contributed by atoms with E-state index in [1.54, 1.807) is 4.90 Å². The van der Waals surface area contributed by atoms with Crippen molar-refractivity contribution in [3.63, 3.8) is 0 Å². The minimum atomic E-state index is -3.02. The molecule has 152 valence electrons. The van der Waals surface area contributed by atoms with Crippen molar-refractivity contribution in [2.45, 2.75) is 37.9 Å². The van der Waals surface area contributed by atoms with Crippen LogP contribution in [-0.4, -0.2) is 63.8 Å². The van der Waals surface area contributed by atoms with Gasteiger partial charge in [0, 0.05) is 25.2 Å². The number of amides is 1. The summed E-state index contributed by atoms with van der Waals surface area (Å²) in [6, 6.07) is 7.83. The first-order chi connectivity index (χ1) is 13.3. The zero-order chi connectivity index (χ0) is 20.3. The molecule has 1 aliphatic heterocycles. The second-order valence-corrected chi connectivity index (χ2v) is 10.3. The van der Waals surface area contributed by atoms with Crippen LogP contribution in [0.3, 0.4) is 0 Å². The molecule has 1 atom stereocenters. The molecule has 1 amide bonds. The van der Waals surface area contributed by atoms with Crippen LogP contribution in [0.4, 0.5) is 0 Å². The topological polar surface area (TPSA) is 85.2 Å². The van der Waals surface area contributed by atoms with E-state index in [4.69, 9.17) is 0 Å². The summed E-state index contributed by atoms with van der Waals surface area (Å²) in [5.74, 6) is 1.17. The summed E-state index contributed by atoms with van der Waals surface area (Å²) in [5.41, 5.74) is 2.13. The summed E-state index contributed by atoms with van der Waals surface area (Å²) >= 11 is 1.34. The molecule has 1 aliphatic rings. The molecule has 1 aromatic heterocycles. The van der Waals surface area contributed by atoms with Crippen LogP contribution in [0.1, 0.15) is 25.3 Å². The van der Waals surface area contributed by atoms with Gasteiger partial charge in [-0.15, -0.1) is 10.2 Å². The number of aryl methyl sites for hydroxylation is 1. The van der Waals surface area contributed by atoms with Crippen molar-refractivity contribution in [2.75, 3.05) is 23.8 Å². The summed E-state index contributed by atoms with van der Waals surface area (Å²) < 4.78 is 25.5. The van der Waals surface area contributed by atoms with Crippen molar-refractivity contribution in [1.29, 1.82) is 0 Å². The zero-order valence-corrected chi connectivity index (χ0v) is 18.1. The Morgan fingerprint density at radius 1 is 1.36 bits per heavy atom. The van der Waals surface area contributed by atoms with Crippen LogP contribution in [0.5, 0.6) is 0 Å². The first kappa shape index (κ1) is 20.9. The fraction of sp³-hybridized carbons (Fsp3) is 0.526. The normalized spacial score (nSPS) is 18.3. The lowest BCUT2D eigenvalue weighted by Gasteiger charge is -2.27. The molecule has 0 saturated carbocycles. The highest BCUT2D eigenvalue weighted by Crippen LogP contribution is 2.25. The van der Waals surface area contributed by atoms with Crippen LogP contribution < -0.4 is 0 Å². The maximum Gasteiger partial charge on any atom is 0.233 e. The second kappa shape index (κ2) is 8.65. The number of benzene rings is 1. The van der Waals surface area contributed by atoms with E-state index in [0.29, 0.717) is 18.1 Å². The van der Waals surface area contributed by atoms with Crippen molar-refractivity contribution < 1.29 is 13.2 Å². The van der Waals surface area contributed by atoms with E-state index in [-0.39, 0.29) is 29.2 Å². The van der Waals surface area contributed by atoms with Gasteiger partial charge in [-0.05, 0) is 25.8 Å². The minimum absolute atomic E-state index is 0.0472. The SMILES string of the molecule is CCCN(C(=O)CSc1nnc(-c2cccc(C)c2)n1C)C1CCS(=O)(=O)C1. The lowest BCUT2D eigenvalue weighted by Crippen LogP contribution is -2.42. The summed E-state index contributed by atoms with van der Waals surface area (Å²) in [7, 11) is -1.14. The minimum Gasteiger partial charge on any atom is -0.338 e. The second-order valence-electron chi connectivity index (χ2n) is 7.17. The van der Waals surface area contributed by atoms with Crippen molar-refractivity contribution in [2.24, 2.45) is 7.05 Å². The first-order valence-electron chi connectivity index (χ1n) is 9.40. The summed E-state index contributed by atoms with van der Waals surface area (Å²) in [5, 5.41) is 9.17. The van der Waals surface area contributed by atoms with Gasteiger partial charge in [0.25, 0.3) is 0 Å². The molecule has 3 rings (SSSR count). The average Bonchev–Trinajstić information content (AvgIpc) is 3.19. The van der Waals surface area contributed by atoms with E-state index >= 15 is 0 Å². The standard InChI is InChI=1S/C19H26N4O3S2/c1-4-9-23(16-8-10-28(25,26)13-16)17(24)12-27-19-21-20-18(22(19)3)15-7-5-6-14(2)11-15/h5-7,11,16H,4,8-10,12-13H2,1-3H3. The number of nitrogens with zero attached hydrogens (tertiary/aromatic N) is 4. The molecule has 1 saturated heterocycles. The Labute approximate surface area is 170 Å². The Hall–Kier alpha value is -1.87. The predicted molar refractivity (Wildman–Crippen MR) is 111 cm³/mol. The summed E-state index contributed by atoms with van der Waals surface area (Å²) in [6.45, 7) is 4.60. The third kappa shape index (κ3) is 4.75. The molecular formula is C19H26N4O3S2. The van der Waals surface area contributed by atoms with E-state index in [2.05, 4.69) is 10.2 Å². The molecule has 7 nitrogen and oxygen atoms in total. The van der Waals surface area contributed by atoms with Gasteiger partial charge in [-0.1, -0.05) is 42.4 Å². The smallest absolute Gasteiger partial charge is 0.233 e. The van der Waals surface area contributed by atoms with Crippen LogP contribution in [0.25, 0.3) is 11.4 Å². The molecule has 1 unspecified atom stereocenters. The van der Waals surface area contributed by atoms with Crippen LogP contribution in [0.15, 0.2) is 29.4 Å². The van der Waals surface area contributed by atoms with Crippen molar-refractivity contribution >= 4 is 27.5 Å². The molecule has 28 heavy (non-hydrogen) atoms. The van der Waals surface area contributed by atoms with E-state index in [9.17, 15) is 13.2 Å². The fourth-order valence-corrected chi connectivity index (χ4v) is 5.99. The lowest BCUT2D eigenvalue weighted by molar-refractivity contribution is -0.130. The molecular weight excluding hydrogens is 396 g/mol. The molecule has 0 N–H and O–H groups in total. The molecule has 2 heterocycles. The maximum absolute atomic E-state index is 12.8. The van der Waals surface area contributed by atoms with E-state index in [0.717, 1.165) is 23.4 Å². The monoisotopic (exact) mass is 422 g/mol. The predicted octanol–water partition coefficient (Wildman–Crippen LogP) is 2.31. The van der Waals surface area contributed by atoms with Gasteiger partial charge in [-0.3, -0.25) is 4.79 Å². The van der Waals surface area contributed by atoms with Gasteiger partial charge in [-0.25, -0.2) is 8.42 Å². The molecule has 1 aromatic carbocycles. The molecule has 0 radical (unpaired) electrons. The largest absolute Gasteiger partial charge is 0.338 e. The number of carbonyl (C=O) groups excluding carboxylic acids is 1. The highest BCUT2D eigenvalue weighted by Gasteiger charge is 2.34. The Bertz CT molecular complexity index is 956.